The van der Waals surface area contributed by atoms with Crippen molar-refractivity contribution in [2.75, 3.05) is 13.1 Å². The molecule has 3 atom stereocenters. The van der Waals surface area contributed by atoms with E-state index in [9.17, 15) is 19.5 Å². The molecular formula is C18H22N4O4. The summed E-state index contributed by atoms with van der Waals surface area (Å²) in [5.41, 5.74) is 2.46. The Balaban J connectivity index is 1.45. The summed E-state index contributed by atoms with van der Waals surface area (Å²) in [6, 6.07) is 5.14. The van der Waals surface area contributed by atoms with Gasteiger partial charge in [0.15, 0.2) is 0 Å². The molecule has 138 valence electrons. The van der Waals surface area contributed by atoms with Crippen LogP contribution in [0.15, 0.2) is 18.2 Å². The summed E-state index contributed by atoms with van der Waals surface area (Å²) in [5.74, 6) is -0.849. The van der Waals surface area contributed by atoms with Crippen molar-refractivity contribution in [1.29, 1.82) is 0 Å². The number of hydrogen-bond acceptors (Lipinski definition) is 6. The Bertz CT molecular complexity index is 766. The van der Waals surface area contributed by atoms with Gasteiger partial charge >= 0.3 is 0 Å². The molecule has 0 aromatic heterocycles. The quantitative estimate of drug-likeness (QED) is 0.507. The molecular weight excluding hydrogens is 336 g/mol. The molecule has 2 fully saturated rings. The van der Waals surface area contributed by atoms with Crippen LogP contribution in [0.1, 0.15) is 34.3 Å². The number of rotatable bonds is 4. The van der Waals surface area contributed by atoms with E-state index < -0.39 is 18.1 Å². The molecule has 0 aliphatic carbocycles. The Morgan fingerprint density at radius 2 is 2.08 bits per heavy atom. The normalized spacial score (nSPS) is 28.4. The average molecular weight is 358 g/mol. The molecule has 0 radical (unpaired) electrons. The van der Waals surface area contributed by atoms with Gasteiger partial charge in [0.05, 0.1) is 6.10 Å². The number of benzene rings is 1. The zero-order valence-electron chi connectivity index (χ0n) is 14.3. The predicted octanol–water partition coefficient (Wildman–Crippen LogP) is -1.13. The lowest BCUT2D eigenvalue weighted by molar-refractivity contribution is -0.136. The van der Waals surface area contributed by atoms with Gasteiger partial charge in [0.25, 0.3) is 5.91 Å². The van der Waals surface area contributed by atoms with Crippen LogP contribution in [0.3, 0.4) is 0 Å². The lowest BCUT2D eigenvalue weighted by Crippen LogP contribution is -2.52. The zero-order chi connectivity index (χ0) is 18.3. The number of β-amino-alcohol motifs (C(OH)–C–C–N with tert-alkyl or cyclic N) is 1. The molecule has 3 aliphatic rings. The van der Waals surface area contributed by atoms with E-state index in [1.165, 1.54) is 0 Å². The number of fused-ring (bicyclic) bond motifs is 1. The van der Waals surface area contributed by atoms with Crippen LogP contribution in [-0.2, 0) is 22.7 Å². The van der Waals surface area contributed by atoms with Crippen molar-refractivity contribution in [3.8, 4) is 0 Å². The molecule has 8 heteroatoms. The summed E-state index contributed by atoms with van der Waals surface area (Å²) in [7, 11) is 0. The lowest BCUT2D eigenvalue weighted by atomic mass is 10.0. The summed E-state index contributed by atoms with van der Waals surface area (Å²) < 4.78 is 0. The maximum Gasteiger partial charge on any atom is 0.255 e. The van der Waals surface area contributed by atoms with E-state index in [1.807, 2.05) is 18.2 Å². The highest BCUT2D eigenvalue weighted by Crippen LogP contribution is 2.28. The number of nitrogens with zero attached hydrogens (tertiary/aromatic N) is 1. The van der Waals surface area contributed by atoms with E-state index in [4.69, 9.17) is 0 Å². The second kappa shape index (κ2) is 6.79. The summed E-state index contributed by atoms with van der Waals surface area (Å²) >= 11 is 0. The van der Waals surface area contributed by atoms with Gasteiger partial charge in [-0.15, -0.1) is 0 Å². The summed E-state index contributed by atoms with van der Waals surface area (Å²) in [5, 5.41) is 18.6. The predicted molar refractivity (Wildman–Crippen MR) is 92.0 cm³/mol. The Labute approximate surface area is 150 Å². The molecule has 1 aromatic carbocycles. The van der Waals surface area contributed by atoms with E-state index in [1.54, 1.807) is 4.90 Å². The molecule has 2 saturated heterocycles. The monoisotopic (exact) mass is 358 g/mol. The molecule has 0 spiro atoms. The van der Waals surface area contributed by atoms with Gasteiger partial charge in [-0.05, 0) is 23.6 Å². The largest absolute Gasteiger partial charge is 0.390 e. The van der Waals surface area contributed by atoms with Crippen molar-refractivity contribution < 1.29 is 19.5 Å². The van der Waals surface area contributed by atoms with Crippen LogP contribution in [0.4, 0.5) is 0 Å². The van der Waals surface area contributed by atoms with Crippen LogP contribution in [0.2, 0.25) is 0 Å². The molecule has 3 amide bonds. The highest BCUT2D eigenvalue weighted by molar-refractivity contribution is 6.05. The Hall–Kier alpha value is -2.29. The minimum Gasteiger partial charge on any atom is -0.390 e. The van der Waals surface area contributed by atoms with Gasteiger partial charge in [0, 0.05) is 44.2 Å². The Kier molecular flexibility index (Phi) is 4.47. The fourth-order valence-electron chi connectivity index (χ4n) is 3.83. The van der Waals surface area contributed by atoms with E-state index in [0.29, 0.717) is 38.2 Å². The van der Waals surface area contributed by atoms with Crippen LogP contribution in [0.25, 0.3) is 0 Å². The number of carbonyl (C=O) groups is 3. The van der Waals surface area contributed by atoms with Crippen molar-refractivity contribution in [3.63, 3.8) is 0 Å². The van der Waals surface area contributed by atoms with Crippen LogP contribution < -0.4 is 16.0 Å². The molecule has 3 heterocycles. The van der Waals surface area contributed by atoms with Gasteiger partial charge in [-0.1, -0.05) is 12.1 Å². The summed E-state index contributed by atoms with van der Waals surface area (Å²) in [6.07, 6.45) is 0.212. The van der Waals surface area contributed by atoms with Crippen LogP contribution in [0.5, 0.6) is 0 Å². The molecule has 1 unspecified atom stereocenters. The number of hydrogen-bond donors (Lipinski definition) is 4. The smallest absolute Gasteiger partial charge is 0.255 e. The molecule has 8 nitrogen and oxygen atoms in total. The topological polar surface area (TPSA) is 111 Å². The lowest BCUT2D eigenvalue weighted by Gasteiger charge is -2.29. The van der Waals surface area contributed by atoms with Crippen molar-refractivity contribution in [2.24, 2.45) is 0 Å². The van der Waals surface area contributed by atoms with Gasteiger partial charge in [0.2, 0.25) is 11.8 Å². The highest BCUT2D eigenvalue weighted by atomic mass is 16.3. The van der Waals surface area contributed by atoms with Crippen molar-refractivity contribution in [2.45, 2.75) is 44.1 Å². The van der Waals surface area contributed by atoms with E-state index >= 15 is 0 Å². The average Bonchev–Trinajstić information content (AvgIpc) is 3.17. The summed E-state index contributed by atoms with van der Waals surface area (Å²) in [6.45, 7) is 2.25. The maximum absolute atomic E-state index is 12.8. The molecule has 0 saturated carbocycles. The number of imide groups is 1. The third-order valence-corrected chi connectivity index (χ3v) is 5.34. The third-order valence-electron chi connectivity index (χ3n) is 5.34. The second-order valence-electron chi connectivity index (χ2n) is 7.10. The van der Waals surface area contributed by atoms with Crippen molar-refractivity contribution in [3.05, 3.63) is 34.9 Å². The van der Waals surface area contributed by atoms with Crippen molar-refractivity contribution in [1.82, 2.24) is 20.9 Å². The number of amides is 3. The Morgan fingerprint density at radius 3 is 2.81 bits per heavy atom. The number of piperidine rings is 1. The first kappa shape index (κ1) is 17.1. The minimum absolute atomic E-state index is 0.000994. The van der Waals surface area contributed by atoms with Gasteiger partial charge in [-0.25, -0.2) is 0 Å². The molecule has 1 aromatic rings. The molecule has 26 heavy (non-hydrogen) atoms. The van der Waals surface area contributed by atoms with Crippen LogP contribution in [0, 0.1) is 0 Å². The number of carbonyl (C=O) groups excluding carboxylic acids is 3. The number of aliphatic hydroxyl groups excluding tert-OH is 1. The Morgan fingerprint density at radius 1 is 1.23 bits per heavy atom. The van der Waals surface area contributed by atoms with E-state index in [-0.39, 0.29) is 24.3 Å². The molecule has 4 rings (SSSR count). The second-order valence-corrected chi connectivity index (χ2v) is 7.10. The molecule has 0 bridgehead atoms. The number of aliphatic hydroxyl groups is 1. The zero-order valence-corrected chi connectivity index (χ0v) is 14.3. The minimum atomic E-state index is -0.589. The highest BCUT2D eigenvalue weighted by Gasteiger charge is 2.39. The van der Waals surface area contributed by atoms with E-state index in [2.05, 4.69) is 16.0 Å². The van der Waals surface area contributed by atoms with E-state index in [0.717, 1.165) is 11.1 Å². The first-order chi connectivity index (χ1) is 12.5. The number of nitrogens with one attached hydrogen (secondary N) is 3. The van der Waals surface area contributed by atoms with Gasteiger partial charge < -0.3 is 20.6 Å². The van der Waals surface area contributed by atoms with Crippen molar-refractivity contribution >= 4 is 17.7 Å². The molecule has 4 N–H and O–H groups in total. The fourth-order valence-corrected chi connectivity index (χ4v) is 3.83. The standard InChI is InChI=1S/C18H22N4O4/c23-15-8-19-7-13(15)20-6-10-1-2-11-9-22(18(26)12(11)5-10)14-3-4-16(24)21-17(14)25/h1-2,5,13-15,19-20,23H,3-4,6-9H2,(H,21,24,25)/t13-,14?,15-/m1/s1. The molecule has 3 aliphatic heterocycles. The van der Waals surface area contributed by atoms with Crippen LogP contribution in [-0.4, -0.2) is 59.0 Å². The maximum atomic E-state index is 12.8. The van der Waals surface area contributed by atoms with Gasteiger partial charge in [-0.2, -0.15) is 0 Å². The fraction of sp³-hybridized carbons (Fsp3) is 0.500. The van der Waals surface area contributed by atoms with Crippen LogP contribution >= 0.6 is 0 Å². The SMILES string of the molecule is O=C1CCC(N2Cc3ccc(CN[C@@H]4CNC[C@H]4O)cc3C2=O)C(=O)N1. The first-order valence-electron chi connectivity index (χ1n) is 8.91. The van der Waals surface area contributed by atoms with Gasteiger partial charge in [-0.3, -0.25) is 19.7 Å². The van der Waals surface area contributed by atoms with Gasteiger partial charge in [0.1, 0.15) is 6.04 Å². The first-order valence-corrected chi connectivity index (χ1v) is 8.91. The summed E-state index contributed by atoms with van der Waals surface area (Å²) in [4.78, 5) is 37.7. The third kappa shape index (κ3) is 3.11.